The highest BCUT2D eigenvalue weighted by atomic mass is 16.5. The molecule has 1 aromatic heterocycles. The zero-order valence-electron chi connectivity index (χ0n) is 17.3. The standard InChI is InChI=1S/C23H30N2O3/c1-16-13-20(26)25(24-14-16)15-17-9-11-18(12-10-17)21(23(2,3)4)22(27)28-19-7-5-6-8-19/h9-14,19,21H,5-8,15H2,1-4H3. The molecular weight excluding hydrogens is 352 g/mol. The van der Waals surface area contributed by atoms with Crippen molar-refractivity contribution >= 4 is 5.97 Å². The van der Waals surface area contributed by atoms with Gasteiger partial charge in [0.2, 0.25) is 0 Å². The number of nitrogens with zero attached hydrogens (tertiary/aromatic N) is 2. The van der Waals surface area contributed by atoms with Gasteiger partial charge in [-0.3, -0.25) is 9.59 Å². The van der Waals surface area contributed by atoms with Crippen molar-refractivity contribution in [3.05, 3.63) is 63.6 Å². The van der Waals surface area contributed by atoms with E-state index in [9.17, 15) is 9.59 Å². The first-order valence-electron chi connectivity index (χ1n) is 10.1. The van der Waals surface area contributed by atoms with E-state index in [0.717, 1.165) is 42.4 Å². The van der Waals surface area contributed by atoms with Gasteiger partial charge in [0.15, 0.2) is 0 Å². The molecule has 0 N–H and O–H groups in total. The molecule has 150 valence electrons. The summed E-state index contributed by atoms with van der Waals surface area (Å²) in [5, 5.41) is 4.19. The van der Waals surface area contributed by atoms with Crippen LogP contribution < -0.4 is 5.56 Å². The van der Waals surface area contributed by atoms with Crippen molar-refractivity contribution in [2.24, 2.45) is 5.41 Å². The summed E-state index contributed by atoms with van der Waals surface area (Å²) in [4.78, 5) is 25.0. The summed E-state index contributed by atoms with van der Waals surface area (Å²) in [5.41, 5.74) is 2.41. The Morgan fingerprint density at radius 3 is 2.43 bits per heavy atom. The van der Waals surface area contributed by atoms with Gasteiger partial charge >= 0.3 is 5.97 Å². The van der Waals surface area contributed by atoms with Crippen LogP contribution in [0.1, 0.15) is 69.1 Å². The van der Waals surface area contributed by atoms with Crippen LogP contribution in [-0.4, -0.2) is 21.9 Å². The molecule has 5 heteroatoms. The summed E-state index contributed by atoms with van der Waals surface area (Å²) >= 11 is 0. The van der Waals surface area contributed by atoms with Gasteiger partial charge in [0.1, 0.15) is 6.10 Å². The van der Waals surface area contributed by atoms with E-state index < -0.39 is 0 Å². The average Bonchev–Trinajstić information content (AvgIpc) is 3.10. The molecule has 0 aliphatic heterocycles. The van der Waals surface area contributed by atoms with Crippen LogP contribution >= 0.6 is 0 Å². The first-order chi connectivity index (χ1) is 13.2. The number of carbonyl (C=O) groups excluding carboxylic acids is 1. The topological polar surface area (TPSA) is 61.2 Å². The second kappa shape index (κ2) is 8.29. The lowest BCUT2D eigenvalue weighted by Crippen LogP contribution is -2.30. The van der Waals surface area contributed by atoms with Crippen LogP contribution in [0.2, 0.25) is 0 Å². The molecule has 1 saturated carbocycles. The number of benzene rings is 1. The third kappa shape index (κ3) is 4.89. The summed E-state index contributed by atoms with van der Waals surface area (Å²) in [6.45, 7) is 8.46. The SMILES string of the molecule is Cc1cnn(Cc2ccc(C(C(=O)OC3CCCC3)C(C)(C)C)cc2)c(=O)c1. The van der Waals surface area contributed by atoms with Gasteiger partial charge in [-0.05, 0) is 54.7 Å². The minimum absolute atomic E-state index is 0.0658. The minimum atomic E-state index is -0.317. The van der Waals surface area contributed by atoms with Gasteiger partial charge in [0.05, 0.1) is 18.7 Å². The van der Waals surface area contributed by atoms with Crippen molar-refractivity contribution in [3.63, 3.8) is 0 Å². The second-order valence-electron chi connectivity index (χ2n) is 8.91. The molecule has 0 spiro atoms. The summed E-state index contributed by atoms with van der Waals surface area (Å²) < 4.78 is 7.25. The fourth-order valence-electron chi connectivity index (χ4n) is 3.86. The quantitative estimate of drug-likeness (QED) is 0.727. The van der Waals surface area contributed by atoms with Crippen molar-refractivity contribution in [1.82, 2.24) is 9.78 Å². The summed E-state index contributed by atoms with van der Waals surface area (Å²) in [6.07, 6.45) is 5.97. The molecule has 1 unspecified atom stereocenters. The first-order valence-corrected chi connectivity index (χ1v) is 10.1. The van der Waals surface area contributed by atoms with Crippen LogP contribution in [0.15, 0.2) is 41.3 Å². The number of carbonyl (C=O) groups is 1. The molecule has 0 radical (unpaired) electrons. The smallest absolute Gasteiger partial charge is 0.314 e. The molecule has 0 bridgehead atoms. The van der Waals surface area contributed by atoms with Crippen molar-refractivity contribution in [1.29, 1.82) is 0 Å². The van der Waals surface area contributed by atoms with E-state index in [4.69, 9.17) is 4.74 Å². The Labute approximate surface area is 166 Å². The molecular formula is C23H30N2O3. The number of rotatable bonds is 5. The van der Waals surface area contributed by atoms with E-state index in [2.05, 4.69) is 25.9 Å². The first kappa shape index (κ1) is 20.3. The van der Waals surface area contributed by atoms with E-state index in [1.807, 2.05) is 31.2 Å². The molecule has 1 aliphatic carbocycles. The monoisotopic (exact) mass is 382 g/mol. The van der Waals surface area contributed by atoms with Crippen LogP contribution in [0.25, 0.3) is 0 Å². The maximum Gasteiger partial charge on any atom is 0.314 e. The van der Waals surface area contributed by atoms with Gasteiger partial charge in [-0.15, -0.1) is 0 Å². The Bertz CT molecular complexity index is 872. The predicted octanol–water partition coefficient (Wildman–Crippen LogP) is 4.22. The van der Waals surface area contributed by atoms with Gasteiger partial charge in [-0.2, -0.15) is 5.10 Å². The fraction of sp³-hybridized carbons (Fsp3) is 0.522. The lowest BCUT2D eigenvalue weighted by atomic mass is 9.76. The molecule has 1 fully saturated rings. The molecule has 0 saturated heterocycles. The average molecular weight is 383 g/mol. The van der Waals surface area contributed by atoms with E-state index in [1.54, 1.807) is 12.3 Å². The Kier molecular flexibility index (Phi) is 6.01. The second-order valence-corrected chi connectivity index (χ2v) is 8.91. The molecule has 3 rings (SSSR count). The van der Waals surface area contributed by atoms with Crippen LogP contribution in [0.5, 0.6) is 0 Å². The molecule has 1 heterocycles. The summed E-state index contributed by atoms with van der Waals surface area (Å²) in [7, 11) is 0. The van der Waals surface area contributed by atoms with Crippen molar-refractivity contribution in [2.45, 2.75) is 71.9 Å². The maximum atomic E-state index is 12.9. The van der Waals surface area contributed by atoms with Gasteiger partial charge in [-0.1, -0.05) is 45.0 Å². The largest absolute Gasteiger partial charge is 0.462 e. The zero-order valence-corrected chi connectivity index (χ0v) is 17.3. The molecule has 0 amide bonds. The fourth-order valence-corrected chi connectivity index (χ4v) is 3.86. The van der Waals surface area contributed by atoms with Crippen LogP contribution in [-0.2, 0) is 16.1 Å². The Morgan fingerprint density at radius 1 is 1.21 bits per heavy atom. The van der Waals surface area contributed by atoms with Crippen LogP contribution in [0, 0.1) is 12.3 Å². The van der Waals surface area contributed by atoms with E-state index in [0.29, 0.717) is 6.54 Å². The molecule has 1 atom stereocenters. The summed E-state index contributed by atoms with van der Waals surface area (Å²) in [6, 6.07) is 9.45. The third-order valence-electron chi connectivity index (χ3n) is 5.34. The van der Waals surface area contributed by atoms with E-state index in [-0.39, 0.29) is 29.0 Å². The minimum Gasteiger partial charge on any atom is -0.462 e. The molecule has 1 aliphatic rings. The third-order valence-corrected chi connectivity index (χ3v) is 5.34. The van der Waals surface area contributed by atoms with Crippen molar-refractivity contribution in [2.75, 3.05) is 0 Å². The Morgan fingerprint density at radius 2 is 1.86 bits per heavy atom. The zero-order chi connectivity index (χ0) is 20.3. The van der Waals surface area contributed by atoms with Gasteiger partial charge < -0.3 is 4.74 Å². The molecule has 28 heavy (non-hydrogen) atoms. The van der Waals surface area contributed by atoms with Crippen molar-refractivity contribution < 1.29 is 9.53 Å². The Hall–Kier alpha value is -2.43. The number of aromatic nitrogens is 2. The highest BCUT2D eigenvalue weighted by Gasteiger charge is 2.35. The number of hydrogen-bond donors (Lipinski definition) is 0. The Balaban J connectivity index is 1.77. The predicted molar refractivity (Wildman–Crippen MR) is 109 cm³/mol. The molecule has 2 aromatic rings. The van der Waals surface area contributed by atoms with Gasteiger partial charge in [-0.25, -0.2) is 4.68 Å². The van der Waals surface area contributed by atoms with Crippen LogP contribution in [0.3, 0.4) is 0 Å². The lowest BCUT2D eigenvalue weighted by Gasteiger charge is -2.30. The lowest BCUT2D eigenvalue weighted by molar-refractivity contribution is -0.153. The molecule has 1 aromatic carbocycles. The van der Waals surface area contributed by atoms with Crippen molar-refractivity contribution in [3.8, 4) is 0 Å². The van der Waals surface area contributed by atoms with E-state index in [1.165, 1.54) is 4.68 Å². The highest BCUT2D eigenvalue weighted by molar-refractivity contribution is 5.79. The van der Waals surface area contributed by atoms with Gasteiger partial charge in [0.25, 0.3) is 5.56 Å². The van der Waals surface area contributed by atoms with Gasteiger partial charge in [0, 0.05) is 6.07 Å². The number of esters is 1. The normalized spacial score (nSPS) is 16.1. The summed E-state index contributed by atoms with van der Waals surface area (Å²) in [5.74, 6) is -0.453. The highest BCUT2D eigenvalue weighted by Crippen LogP contribution is 2.37. The molecule has 5 nitrogen and oxygen atoms in total. The van der Waals surface area contributed by atoms with E-state index >= 15 is 0 Å². The number of hydrogen-bond acceptors (Lipinski definition) is 4. The maximum absolute atomic E-state index is 12.9. The number of ether oxygens (including phenoxy) is 1. The number of aryl methyl sites for hydroxylation is 1. The van der Waals surface area contributed by atoms with Crippen LogP contribution in [0.4, 0.5) is 0 Å².